The van der Waals surface area contributed by atoms with Crippen LogP contribution in [0.25, 0.3) is 0 Å². The van der Waals surface area contributed by atoms with Gasteiger partial charge >= 0.3 is 172 Å². The van der Waals surface area contributed by atoms with Crippen LogP contribution in [0.1, 0.15) is 130 Å². The maximum atomic E-state index is 7.83. The zero-order valence-electron chi connectivity index (χ0n) is 19.0. The third kappa shape index (κ3) is 13.0. The van der Waals surface area contributed by atoms with E-state index in [4.69, 9.17) is 11.2 Å². The van der Waals surface area contributed by atoms with Gasteiger partial charge in [-0.05, 0) is 0 Å². The van der Waals surface area contributed by atoms with Crippen molar-refractivity contribution in [3.63, 3.8) is 0 Å². The molecular weight excluding hydrogens is 355 g/mol. The van der Waals surface area contributed by atoms with Gasteiger partial charge in [-0.1, -0.05) is 0 Å². The van der Waals surface area contributed by atoms with Crippen molar-refractivity contribution in [2.24, 2.45) is 0 Å². The second-order valence-corrected chi connectivity index (χ2v) is 17.3. The third-order valence-electron chi connectivity index (χ3n) is 6.28. The first kappa shape index (κ1) is 26.7. The van der Waals surface area contributed by atoms with Gasteiger partial charge in [0.1, 0.15) is 0 Å². The van der Waals surface area contributed by atoms with Crippen molar-refractivity contribution in [1.29, 1.82) is 0 Å². The molecule has 0 aromatic rings. The molecule has 0 fully saturated rings. The maximum absolute atomic E-state index is 7.83. The molecule has 0 bridgehead atoms. The van der Waals surface area contributed by atoms with E-state index < -0.39 is 5.96 Å². The van der Waals surface area contributed by atoms with E-state index in [0.29, 0.717) is 0 Å². The average Bonchev–Trinajstić information content (AvgIpc) is 2.62. The van der Waals surface area contributed by atoms with Gasteiger partial charge in [0.15, 0.2) is 0 Å². The predicted molar refractivity (Wildman–Crippen MR) is 129 cm³/mol. The van der Waals surface area contributed by atoms with E-state index in [1.165, 1.54) is 127 Å². The molecule has 160 valence electrons. The van der Waals surface area contributed by atoms with Crippen LogP contribution in [0.5, 0.6) is 0 Å². The Bertz CT molecular complexity index is 275. The van der Waals surface area contributed by atoms with Gasteiger partial charge in [-0.3, -0.25) is 0 Å². The third-order valence-corrected chi connectivity index (χ3v) is 14.0. The molecule has 0 aromatic carbocycles. The molecular formula is C24H52ClP. The number of halogens is 1. The molecule has 0 atom stereocenters. The van der Waals surface area contributed by atoms with Gasteiger partial charge in [0, 0.05) is 0 Å². The summed E-state index contributed by atoms with van der Waals surface area (Å²) in [6, 6.07) is 0. The van der Waals surface area contributed by atoms with Crippen molar-refractivity contribution in [1.82, 2.24) is 0 Å². The molecule has 26 heavy (non-hydrogen) atoms. The minimum absolute atomic E-state index is 1.32. The Balaban J connectivity index is 4.87. The zero-order valence-corrected chi connectivity index (χ0v) is 20.6. The second-order valence-electron chi connectivity index (χ2n) is 8.96. The van der Waals surface area contributed by atoms with E-state index in [9.17, 15) is 0 Å². The normalized spacial score (nSPS) is 13.7. The second kappa shape index (κ2) is 16.7. The fraction of sp³-hybridized carbons (Fsp3) is 1.00. The molecule has 0 aliphatic heterocycles. The van der Waals surface area contributed by atoms with Crippen LogP contribution in [0.3, 0.4) is 0 Å². The molecule has 0 unspecified atom stereocenters. The van der Waals surface area contributed by atoms with Crippen LogP contribution in [-0.2, 0) is 0 Å². The predicted octanol–water partition coefficient (Wildman–Crippen LogP) is 10.0. The van der Waals surface area contributed by atoms with E-state index in [2.05, 4.69) is 27.7 Å². The van der Waals surface area contributed by atoms with Crippen LogP contribution < -0.4 is 0 Å². The minimum atomic E-state index is -2.01. The average molecular weight is 407 g/mol. The summed E-state index contributed by atoms with van der Waals surface area (Å²) in [5, 5.41) is 0. The Kier molecular flexibility index (Phi) is 17.1. The summed E-state index contributed by atoms with van der Waals surface area (Å²) in [5.41, 5.74) is 0. The molecule has 0 heterocycles. The molecule has 0 nitrogen and oxygen atoms in total. The molecule has 0 spiro atoms. The molecule has 0 rings (SSSR count). The monoisotopic (exact) mass is 406 g/mol. The van der Waals surface area contributed by atoms with Crippen LogP contribution in [-0.4, -0.2) is 24.6 Å². The van der Waals surface area contributed by atoms with Gasteiger partial charge < -0.3 is 0 Å². The topological polar surface area (TPSA) is 0 Å². The number of hydrogen-bond donors (Lipinski definition) is 0. The Morgan fingerprint density at radius 2 is 0.615 bits per heavy atom. The first-order valence-corrected chi connectivity index (χ1v) is 16.1. The van der Waals surface area contributed by atoms with E-state index in [1.54, 1.807) is 0 Å². The molecule has 0 radical (unpaired) electrons. The van der Waals surface area contributed by atoms with E-state index in [0.717, 1.165) is 0 Å². The molecule has 0 saturated heterocycles. The number of hydrogen-bond acceptors (Lipinski definition) is 0. The van der Waals surface area contributed by atoms with E-state index in [-0.39, 0.29) is 0 Å². The van der Waals surface area contributed by atoms with Crippen molar-refractivity contribution in [3.8, 4) is 0 Å². The summed E-state index contributed by atoms with van der Waals surface area (Å²) in [5.74, 6) is -2.01. The SMILES string of the molecule is CCCCCCCP(Cl)(CCCCC)(CCCCC)CCCCCCC. The van der Waals surface area contributed by atoms with Gasteiger partial charge in [-0.15, -0.1) is 0 Å². The van der Waals surface area contributed by atoms with Crippen molar-refractivity contribution in [3.05, 3.63) is 0 Å². The Labute approximate surface area is 172 Å². The molecule has 0 aliphatic rings. The molecule has 0 N–H and O–H groups in total. The van der Waals surface area contributed by atoms with Crippen LogP contribution in [0, 0.1) is 0 Å². The molecule has 0 aliphatic carbocycles. The van der Waals surface area contributed by atoms with Crippen LogP contribution in [0.4, 0.5) is 0 Å². The van der Waals surface area contributed by atoms with Gasteiger partial charge in [-0.25, -0.2) is 0 Å². The molecule has 0 amide bonds. The van der Waals surface area contributed by atoms with Gasteiger partial charge in [0.05, 0.1) is 0 Å². The zero-order chi connectivity index (χ0) is 19.6. The van der Waals surface area contributed by atoms with Gasteiger partial charge in [0.2, 0.25) is 0 Å². The fourth-order valence-electron chi connectivity index (χ4n) is 4.41. The molecule has 2 heteroatoms. The van der Waals surface area contributed by atoms with E-state index >= 15 is 0 Å². The van der Waals surface area contributed by atoms with Crippen molar-refractivity contribution < 1.29 is 0 Å². The van der Waals surface area contributed by atoms with Crippen LogP contribution >= 0.6 is 17.2 Å². The van der Waals surface area contributed by atoms with Gasteiger partial charge in [-0.2, -0.15) is 0 Å². The van der Waals surface area contributed by atoms with Gasteiger partial charge in [0.25, 0.3) is 0 Å². The first-order valence-electron chi connectivity index (χ1n) is 12.3. The summed E-state index contributed by atoms with van der Waals surface area (Å²) in [4.78, 5) is 0. The first-order chi connectivity index (χ1) is 12.5. The number of rotatable bonds is 20. The number of unbranched alkanes of at least 4 members (excludes halogenated alkanes) is 12. The fourth-order valence-corrected chi connectivity index (χ4v) is 11.2. The Morgan fingerprint density at radius 3 is 0.923 bits per heavy atom. The Morgan fingerprint density at radius 1 is 0.385 bits per heavy atom. The standard InChI is InChI=1S/C24H52ClP/c1-5-9-13-15-19-23-26(25,21-17-11-7-3,22-18-12-8-4)24-20-16-14-10-6-2/h5-24H2,1-4H3. The van der Waals surface area contributed by atoms with Crippen molar-refractivity contribution in [2.45, 2.75) is 130 Å². The van der Waals surface area contributed by atoms with Crippen LogP contribution in [0.2, 0.25) is 0 Å². The van der Waals surface area contributed by atoms with E-state index in [1.807, 2.05) is 0 Å². The summed E-state index contributed by atoms with van der Waals surface area (Å²) >= 11 is 7.83. The summed E-state index contributed by atoms with van der Waals surface area (Å²) in [6.07, 6.45) is 27.7. The van der Waals surface area contributed by atoms with Crippen LogP contribution in [0.15, 0.2) is 0 Å². The molecule has 0 saturated carbocycles. The Hall–Kier alpha value is 0.720. The summed E-state index contributed by atoms with van der Waals surface area (Å²) < 4.78 is 0. The van der Waals surface area contributed by atoms with Crippen molar-refractivity contribution >= 4 is 17.2 Å². The summed E-state index contributed by atoms with van der Waals surface area (Å²) in [7, 11) is 0. The summed E-state index contributed by atoms with van der Waals surface area (Å²) in [6.45, 7) is 9.28. The van der Waals surface area contributed by atoms with Crippen molar-refractivity contribution in [2.75, 3.05) is 24.6 Å². The quantitative estimate of drug-likeness (QED) is 0.139. The molecule has 0 aromatic heterocycles.